The van der Waals surface area contributed by atoms with Gasteiger partial charge in [-0.2, -0.15) is 0 Å². The predicted octanol–water partition coefficient (Wildman–Crippen LogP) is 2.43. The van der Waals surface area contributed by atoms with E-state index >= 15 is 0 Å². The van der Waals surface area contributed by atoms with Gasteiger partial charge in [0.1, 0.15) is 23.7 Å². The van der Waals surface area contributed by atoms with Crippen LogP contribution < -0.4 is 4.90 Å². The molecule has 0 N–H and O–H groups in total. The highest BCUT2D eigenvalue weighted by atomic mass is 15.2. The van der Waals surface area contributed by atoms with Crippen LogP contribution in [-0.2, 0) is 13.5 Å². The molecule has 3 aromatic rings. The van der Waals surface area contributed by atoms with Crippen molar-refractivity contribution in [1.82, 2.24) is 29.5 Å². The van der Waals surface area contributed by atoms with Crippen LogP contribution in [0.1, 0.15) is 24.4 Å². The number of nitrogens with zero attached hydrogens (tertiary/aromatic N) is 7. The molecule has 1 aliphatic rings. The van der Waals surface area contributed by atoms with Crippen molar-refractivity contribution in [2.75, 3.05) is 18.0 Å². The summed E-state index contributed by atoms with van der Waals surface area (Å²) in [7, 11) is 2.02. The largest absolute Gasteiger partial charge is 0.356 e. The Hall–Kier alpha value is -2.83. The quantitative estimate of drug-likeness (QED) is 0.720. The molecule has 1 unspecified atom stereocenters. The van der Waals surface area contributed by atoms with E-state index in [4.69, 9.17) is 0 Å². The summed E-state index contributed by atoms with van der Waals surface area (Å²) >= 11 is 0. The molecule has 4 rings (SSSR count). The fourth-order valence-electron chi connectivity index (χ4n) is 3.64. The Bertz CT molecular complexity index is 875. The second kappa shape index (κ2) is 7.19. The Kier molecular flexibility index (Phi) is 4.60. The maximum absolute atomic E-state index is 4.65. The lowest BCUT2D eigenvalue weighted by molar-refractivity contribution is 0.408. The van der Waals surface area contributed by atoms with E-state index in [1.165, 1.54) is 6.42 Å². The minimum absolute atomic E-state index is 0.531. The molecular weight excluding hydrogens is 326 g/mol. The van der Waals surface area contributed by atoms with Gasteiger partial charge in [0, 0.05) is 38.7 Å². The zero-order valence-corrected chi connectivity index (χ0v) is 15.2. The van der Waals surface area contributed by atoms with Crippen molar-refractivity contribution in [3.05, 3.63) is 48.7 Å². The van der Waals surface area contributed by atoms with E-state index in [9.17, 15) is 0 Å². The molecule has 4 heterocycles. The topological polar surface area (TPSA) is 72.6 Å². The highest BCUT2D eigenvalue weighted by Gasteiger charge is 2.23. The maximum atomic E-state index is 4.65. The zero-order chi connectivity index (χ0) is 17.9. The van der Waals surface area contributed by atoms with Crippen molar-refractivity contribution in [2.45, 2.75) is 26.2 Å². The summed E-state index contributed by atoms with van der Waals surface area (Å²) in [4.78, 5) is 24.4. The van der Waals surface area contributed by atoms with Crippen LogP contribution in [0.5, 0.6) is 0 Å². The number of anilines is 1. The Balaban J connectivity index is 1.55. The zero-order valence-electron chi connectivity index (χ0n) is 15.2. The van der Waals surface area contributed by atoms with Crippen LogP contribution >= 0.6 is 0 Å². The fourth-order valence-corrected chi connectivity index (χ4v) is 3.64. The molecule has 0 aromatic carbocycles. The normalized spacial score (nSPS) is 17.5. The van der Waals surface area contributed by atoms with Gasteiger partial charge >= 0.3 is 0 Å². The van der Waals surface area contributed by atoms with Gasteiger partial charge in [-0.1, -0.05) is 0 Å². The number of piperidine rings is 1. The number of aromatic nitrogens is 6. The Labute approximate surface area is 153 Å². The van der Waals surface area contributed by atoms with Gasteiger partial charge in [0.25, 0.3) is 0 Å². The Morgan fingerprint density at radius 1 is 1.12 bits per heavy atom. The summed E-state index contributed by atoms with van der Waals surface area (Å²) in [6.45, 7) is 4.03. The van der Waals surface area contributed by atoms with E-state index in [1.807, 2.05) is 26.2 Å². The number of hydrogen-bond donors (Lipinski definition) is 0. The molecule has 0 bridgehead atoms. The third-order valence-corrected chi connectivity index (χ3v) is 5.13. The van der Waals surface area contributed by atoms with Crippen LogP contribution in [0.4, 0.5) is 5.82 Å². The summed E-state index contributed by atoms with van der Waals surface area (Å²) in [6.07, 6.45) is 12.1. The number of imidazole rings is 1. The molecule has 26 heavy (non-hydrogen) atoms. The van der Waals surface area contributed by atoms with Crippen molar-refractivity contribution in [2.24, 2.45) is 13.0 Å². The smallest absolute Gasteiger partial charge is 0.131 e. The van der Waals surface area contributed by atoms with Gasteiger partial charge < -0.3 is 9.47 Å². The van der Waals surface area contributed by atoms with E-state index in [-0.39, 0.29) is 0 Å². The first-order chi connectivity index (χ1) is 12.7. The van der Waals surface area contributed by atoms with Crippen molar-refractivity contribution < 1.29 is 0 Å². The highest BCUT2D eigenvalue weighted by Crippen LogP contribution is 2.27. The van der Waals surface area contributed by atoms with Crippen LogP contribution in [0.25, 0.3) is 11.4 Å². The first kappa shape index (κ1) is 16.6. The molecule has 7 nitrogen and oxygen atoms in total. The summed E-state index contributed by atoms with van der Waals surface area (Å²) in [5.74, 6) is 2.51. The molecule has 0 aliphatic carbocycles. The van der Waals surface area contributed by atoms with Gasteiger partial charge in [0.2, 0.25) is 0 Å². The molecule has 7 heteroatoms. The van der Waals surface area contributed by atoms with E-state index in [0.717, 1.165) is 54.7 Å². The van der Waals surface area contributed by atoms with Gasteiger partial charge in [-0.05, 0) is 38.2 Å². The van der Waals surface area contributed by atoms with Crippen LogP contribution in [0.15, 0.2) is 37.2 Å². The Morgan fingerprint density at radius 2 is 2.00 bits per heavy atom. The average molecular weight is 349 g/mol. The third-order valence-electron chi connectivity index (χ3n) is 5.13. The molecule has 3 aromatic heterocycles. The fraction of sp³-hybridized carbons (Fsp3) is 0.421. The second-order valence-corrected chi connectivity index (χ2v) is 6.83. The first-order valence-corrected chi connectivity index (χ1v) is 9.02. The molecule has 0 amide bonds. The number of hydrogen-bond acceptors (Lipinski definition) is 6. The predicted molar refractivity (Wildman–Crippen MR) is 99.6 cm³/mol. The molecule has 1 atom stereocenters. The lowest BCUT2D eigenvalue weighted by Crippen LogP contribution is -2.37. The average Bonchev–Trinajstić information content (AvgIpc) is 3.02. The van der Waals surface area contributed by atoms with Crippen LogP contribution in [0, 0.1) is 12.8 Å². The molecule has 1 saturated heterocycles. The van der Waals surface area contributed by atoms with E-state index in [0.29, 0.717) is 5.92 Å². The van der Waals surface area contributed by atoms with Gasteiger partial charge in [-0.3, -0.25) is 9.97 Å². The summed E-state index contributed by atoms with van der Waals surface area (Å²) in [5, 5.41) is 0. The van der Waals surface area contributed by atoms with Crippen molar-refractivity contribution in [1.29, 1.82) is 0 Å². The second-order valence-electron chi connectivity index (χ2n) is 6.83. The first-order valence-electron chi connectivity index (χ1n) is 9.02. The lowest BCUT2D eigenvalue weighted by Gasteiger charge is -2.33. The maximum Gasteiger partial charge on any atom is 0.131 e. The van der Waals surface area contributed by atoms with Gasteiger partial charge in [0.05, 0.1) is 17.6 Å². The van der Waals surface area contributed by atoms with Crippen molar-refractivity contribution in [3.8, 4) is 11.4 Å². The minimum atomic E-state index is 0.531. The van der Waals surface area contributed by atoms with Crippen molar-refractivity contribution >= 4 is 5.82 Å². The number of rotatable bonds is 4. The Morgan fingerprint density at radius 3 is 2.77 bits per heavy atom. The van der Waals surface area contributed by atoms with E-state index < -0.39 is 0 Å². The highest BCUT2D eigenvalue weighted by molar-refractivity contribution is 5.57. The standard InChI is InChI=1S/C19H23N7/c1-14-23-11-17(25(14)2)19-16(21-7-8-22-19)10-15-4-3-9-26(12-15)18-5-6-20-13-24-18/h5-8,11,13,15H,3-4,9-10,12H2,1-2H3. The molecule has 0 spiro atoms. The number of aryl methyl sites for hydroxylation is 1. The van der Waals surface area contributed by atoms with Gasteiger partial charge in [-0.15, -0.1) is 0 Å². The van der Waals surface area contributed by atoms with Crippen LogP contribution in [-0.4, -0.2) is 42.6 Å². The van der Waals surface area contributed by atoms with Gasteiger partial charge in [0.15, 0.2) is 0 Å². The molecule has 1 aliphatic heterocycles. The molecular formula is C19H23N7. The van der Waals surface area contributed by atoms with E-state index in [2.05, 4.69) is 34.4 Å². The third kappa shape index (κ3) is 3.29. The molecule has 134 valence electrons. The molecule has 0 radical (unpaired) electrons. The SMILES string of the molecule is Cc1ncc(-c2nccnc2CC2CCCN(c3ccncn3)C2)n1C. The monoisotopic (exact) mass is 349 g/mol. The van der Waals surface area contributed by atoms with Crippen molar-refractivity contribution in [3.63, 3.8) is 0 Å². The van der Waals surface area contributed by atoms with Gasteiger partial charge in [-0.25, -0.2) is 15.0 Å². The molecule has 1 fully saturated rings. The summed E-state index contributed by atoms with van der Waals surface area (Å²) in [5.41, 5.74) is 3.01. The van der Waals surface area contributed by atoms with E-state index in [1.54, 1.807) is 24.9 Å². The van der Waals surface area contributed by atoms with Crippen LogP contribution in [0.3, 0.4) is 0 Å². The summed E-state index contributed by atoms with van der Waals surface area (Å²) < 4.78 is 2.07. The summed E-state index contributed by atoms with van der Waals surface area (Å²) in [6, 6.07) is 1.98. The minimum Gasteiger partial charge on any atom is -0.356 e. The van der Waals surface area contributed by atoms with Crippen LogP contribution in [0.2, 0.25) is 0 Å². The molecule has 0 saturated carbocycles. The lowest BCUT2D eigenvalue weighted by atomic mass is 9.92.